The molecule has 0 aromatic rings. The zero-order valence-corrected chi connectivity index (χ0v) is 58.4. The average molecular weight is 1210 g/mol. The largest absolute Gasteiger partial charge is 0.462 e. The van der Waals surface area contributed by atoms with E-state index in [0.717, 1.165) is 57.8 Å². The minimum absolute atomic E-state index is 0.0582. The molecule has 5 heteroatoms. The molecule has 1 N–H and O–H groups in total. The number of hydrogen-bond acceptors (Lipinski definition) is 5. The van der Waals surface area contributed by atoms with Gasteiger partial charge in [0, 0.05) is 12.8 Å². The average Bonchev–Trinajstić information content (AvgIpc) is 3.53. The van der Waals surface area contributed by atoms with Crippen LogP contribution in [0.3, 0.4) is 0 Å². The molecule has 0 aromatic carbocycles. The lowest BCUT2D eigenvalue weighted by molar-refractivity contribution is -0.161. The predicted octanol–water partition coefficient (Wildman–Crippen LogP) is 27.4. The lowest BCUT2D eigenvalue weighted by Crippen LogP contribution is -2.28. The van der Waals surface area contributed by atoms with Gasteiger partial charge in [-0.05, 0) is 51.4 Å². The van der Waals surface area contributed by atoms with E-state index >= 15 is 0 Å². The van der Waals surface area contributed by atoms with E-state index in [9.17, 15) is 14.7 Å². The van der Waals surface area contributed by atoms with E-state index in [0.29, 0.717) is 12.8 Å². The summed E-state index contributed by atoms with van der Waals surface area (Å²) in [5.74, 6) is -0.562. The Labute approximate surface area is 539 Å². The molecular weight excluding hydrogens is 1050 g/mol. The van der Waals surface area contributed by atoms with Crippen LogP contribution in [0.1, 0.15) is 438 Å². The fraction of sp³-hybridized carbons (Fsp3) is 0.877. The maximum absolute atomic E-state index is 12.4. The molecule has 0 aliphatic rings. The summed E-state index contributed by atoms with van der Waals surface area (Å²) in [6.45, 7) is 4.10. The maximum Gasteiger partial charge on any atom is 0.306 e. The molecule has 0 radical (unpaired) electrons. The zero-order chi connectivity index (χ0) is 61.9. The zero-order valence-electron chi connectivity index (χ0n) is 58.4. The van der Waals surface area contributed by atoms with Crippen molar-refractivity contribution in [2.45, 2.75) is 444 Å². The summed E-state index contributed by atoms with van der Waals surface area (Å²) >= 11 is 0. The minimum atomic E-state index is -0.770. The number of aliphatic hydroxyl groups excluding tert-OH is 1. The molecule has 0 fully saturated rings. The number of unbranched alkanes of at least 4 members (excludes halogenated alkanes) is 58. The van der Waals surface area contributed by atoms with E-state index < -0.39 is 6.10 Å². The van der Waals surface area contributed by atoms with Gasteiger partial charge in [-0.2, -0.15) is 0 Å². The number of hydrogen-bond donors (Lipinski definition) is 1. The van der Waals surface area contributed by atoms with Crippen molar-refractivity contribution in [3.63, 3.8) is 0 Å². The van der Waals surface area contributed by atoms with Gasteiger partial charge in [-0.25, -0.2) is 0 Å². The highest BCUT2D eigenvalue weighted by molar-refractivity contribution is 5.70. The van der Waals surface area contributed by atoms with Crippen molar-refractivity contribution in [3.8, 4) is 0 Å². The Balaban J connectivity index is 3.36. The maximum atomic E-state index is 12.4. The lowest BCUT2D eigenvalue weighted by atomic mass is 10.0. The third-order valence-corrected chi connectivity index (χ3v) is 18.1. The molecule has 0 bridgehead atoms. The van der Waals surface area contributed by atoms with Gasteiger partial charge < -0.3 is 14.6 Å². The first-order valence-corrected chi connectivity index (χ1v) is 39.2. The molecule has 0 rings (SSSR count). The number of carbonyl (C=O) groups excluding carboxylic acids is 2. The highest BCUT2D eigenvalue weighted by Crippen LogP contribution is 2.20. The van der Waals surface area contributed by atoms with Gasteiger partial charge in [0.25, 0.3) is 0 Å². The van der Waals surface area contributed by atoms with Gasteiger partial charge in [-0.1, -0.05) is 422 Å². The second-order valence-corrected chi connectivity index (χ2v) is 26.8. The van der Waals surface area contributed by atoms with Gasteiger partial charge >= 0.3 is 11.9 Å². The number of aliphatic hydroxyl groups is 1. The van der Waals surface area contributed by atoms with Crippen LogP contribution in [0, 0.1) is 0 Å². The number of esters is 2. The van der Waals surface area contributed by atoms with Crippen LogP contribution in [0.2, 0.25) is 0 Å². The van der Waals surface area contributed by atoms with E-state index in [1.165, 1.54) is 353 Å². The monoisotopic (exact) mass is 1210 g/mol. The summed E-state index contributed by atoms with van der Waals surface area (Å²) in [7, 11) is 0. The van der Waals surface area contributed by atoms with E-state index in [1.807, 2.05) is 0 Å². The van der Waals surface area contributed by atoms with Gasteiger partial charge in [0.2, 0.25) is 0 Å². The van der Waals surface area contributed by atoms with Crippen molar-refractivity contribution >= 4 is 11.9 Å². The van der Waals surface area contributed by atoms with Crippen LogP contribution in [0.4, 0.5) is 0 Å². The predicted molar refractivity (Wildman–Crippen MR) is 381 cm³/mol. The normalized spacial score (nSPS) is 12.4. The molecule has 1 unspecified atom stereocenters. The minimum Gasteiger partial charge on any atom is -0.462 e. The van der Waals surface area contributed by atoms with Gasteiger partial charge in [-0.3, -0.25) is 9.59 Å². The van der Waals surface area contributed by atoms with E-state index in [2.05, 4.69) is 62.5 Å². The first-order chi connectivity index (χ1) is 42.6. The first kappa shape index (κ1) is 83.9. The molecule has 1 atom stereocenters. The van der Waals surface area contributed by atoms with Crippen LogP contribution in [0.25, 0.3) is 0 Å². The Morgan fingerprint density at radius 2 is 0.500 bits per heavy atom. The Morgan fingerprint density at radius 3 is 0.756 bits per heavy atom. The molecule has 0 saturated carbocycles. The standard InChI is InChI=1S/C81H152O5/c1-3-5-7-9-11-13-15-17-19-21-23-25-27-29-31-33-35-37-39-40-42-44-46-48-50-52-54-56-58-60-62-64-66-68-70-72-74-76-81(84)86-79(77-82)78-85-80(83)75-73-71-69-67-65-63-61-59-57-55-53-51-49-47-45-43-41-38-36-34-32-30-28-26-24-22-20-18-16-14-12-10-8-6-4-2/h5,7,11,13,17,19,23,25,79,82H,3-4,6,8-10,12,14-16,18,20-22,24,26-78H2,1-2H3/b7-5-,13-11-,19-17-,25-23-. The van der Waals surface area contributed by atoms with Crippen LogP contribution < -0.4 is 0 Å². The Kier molecular flexibility index (Phi) is 75.2. The van der Waals surface area contributed by atoms with Crippen LogP contribution in [0.5, 0.6) is 0 Å². The van der Waals surface area contributed by atoms with E-state index in [4.69, 9.17) is 9.47 Å². The molecule has 0 aliphatic carbocycles. The molecule has 506 valence electrons. The van der Waals surface area contributed by atoms with Crippen molar-refractivity contribution in [2.75, 3.05) is 13.2 Å². The Hall–Kier alpha value is -2.14. The molecule has 0 aromatic heterocycles. The third-order valence-electron chi connectivity index (χ3n) is 18.1. The Bertz CT molecular complexity index is 1410. The van der Waals surface area contributed by atoms with Crippen LogP contribution >= 0.6 is 0 Å². The highest BCUT2D eigenvalue weighted by Gasteiger charge is 2.16. The SMILES string of the molecule is CC/C=C\C/C=C\C/C=C\C/C=C\CCCCCCCCCCCCCCCCCCCCCCCCCCC(=O)OC(CO)COC(=O)CCCCCCCCCCCCCCCCCCCCCCCCCCCCCCCCCCCCC. The number of rotatable bonds is 74. The quantitative estimate of drug-likeness (QED) is 0.0373. The second-order valence-electron chi connectivity index (χ2n) is 26.8. The highest BCUT2D eigenvalue weighted by atomic mass is 16.6. The number of carbonyl (C=O) groups is 2. The van der Waals surface area contributed by atoms with Crippen molar-refractivity contribution < 1.29 is 24.2 Å². The molecule has 86 heavy (non-hydrogen) atoms. The summed E-state index contributed by atoms with van der Waals surface area (Å²) < 4.78 is 10.8. The van der Waals surface area contributed by atoms with Crippen LogP contribution in [0.15, 0.2) is 48.6 Å². The summed E-state index contributed by atoms with van der Waals surface area (Å²) in [5.41, 5.74) is 0. The fourth-order valence-electron chi connectivity index (χ4n) is 12.3. The molecule has 0 aliphatic heterocycles. The van der Waals surface area contributed by atoms with Crippen molar-refractivity contribution in [3.05, 3.63) is 48.6 Å². The first-order valence-electron chi connectivity index (χ1n) is 39.2. The van der Waals surface area contributed by atoms with Gasteiger partial charge in [0.05, 0.1) is 6.61 Å². The smallest absolute Gasteiger partial charge is 0.306 e. The number of allylic oxidation sites excluding steroid dienone is 8. The van der Waals surface area contributed by atoms with Gasteiger partial charge in [-0.15, -0.1) is 0 Å². The second kappa shape index (κ2) is 77.1. The molecule has 0 amide bonds. The van der Waals surface area contributed by atoms with E-state index in [-0.39, 0.29) is 25.2 Å². The molecule has 5 nitrogen and oxygen atoms in total. The lowest BCUT2D eigenvalue weighted by Gasteiger charge is -2.15. The molecule has 0 saturated heterocycles. The molecular formula is C81H152O5. The number of ether oxygens (including phenoxy) is 2. The third kappa shape index (κ3) is 74.3. The Morgan fingerprint density at radius 1 is 0.279 bits per heavy atom. The van der Waals surface area contributed by atoms with Gasteiger partial charge in [0.15, 0.2) is 6.10 Å². The summed E-state index contributed by atoms with van der Waals surface area (Å²) in [6.07, 6.45) is 105. The summed E-state index contributed by atoms with van der Waals surface area (Å²) in [6, 6.07) is 0. The fourth-order valence-corrected chi connectivity index (χ4v) is 12.3. The topological polar surface area (TPSA) is 72.8 Å². The van der Waals surface area contributed by atoms with Crippen molar-refractivity contribution in [1.29, 1.82) is 0 Å². The molecule has 0 heterocycles. The van der Waals surface area contributed by atoms with Gasteiger partial charge in [0.1, 0.15) is 6.61 Å². The van der Waals surface area contributed by atoms with Crippen molar-refractivity contribution in [1.82, 2.24) is 0 Å². The van der Waals surface area contributed by atoms with Crippen molar-refractivity contribution in [2.24, 2.45) is 0 Å². The summed E-state index contributed by atoms with van der Waals surface area (Å²) in [5, 5.41) is 9.73. The van der Waals surface area contributed by atoms with Crippen LogP contribution in [-0.4, -0.2) is 36.4 Å². The van der Waals surface area contributed by atoms with Crippen LogP contribution in [-0.2, 0) is 19.1 Å². The van der Waals surface area contributed by atoms with E-state index in [1.54, 1.807) is 0 Å². The molecule has 0 spiro atoms. The summed E-state index contributed by atoms with van der Waals surface area (Å²) in [4.78, 5) is 24.7.